The van der Waals surface area contributed by atoms with E-state index in [1.54, 1.807) is 12.1 Å². The monoisotopic (exact) mass is 352 g/mol. The molecule has 2 aromatic rings. The summed E-state index contributed by atoms with van der Waals surface area (Å²) >= 11 is 3.26. The van der Waals surface area contributed by atoms with Gasteiger partial charge in [-0.3, -0.25) is 9.89 Å². The Kier molecular flexibility index (Phi) is 5.62. The van der Waals surface area contributed by atoms with Gasteiger partial charge in [-0.2, -0.15) is 5.10 Å². The van der Waals surface area contributed by atoms with Crippen molar-refractivity contribution in [1.82, 2.24) is 20.5 Å². The van der Waals surface area contributed by atoms with Gasteiger partial charge in [0.15, 0.2) is 0 Å². The molecule has 1 aromatic carbocycles. The lowest BCUT2D eigenvalue weighted by atomic mass is 10.2. The molecule has 0 saturated carbocycles. The molecule has 1 aromatic heterocycles. The third-order valence-electron chi connectivity index (χ3n) is 2.73. The molecule has 2 rings (SSSR count). The summed E-state index contributed by atoms with van der Waals surface area (Å²) in [7, 11) is 0. The lowest BCUT2D eigenvalue weighted by molar-refractivity contribution is -0.116. The number of aryl methyl sites for hydroxylation is 1. The first kappa shape index (κ1) is 15.4. The molecule has 110 valence electrons. The molecule has 7 heteroatoms. The minimum Gasteiger partial charge on any atom is -0.353 e. The van der Waals surface area contributed by atoms with E-state index >= 15 is 0 Å². The van der Waals surface area contributed by atoms with Crippen LogP contribution < -0.4 is 5.32 Å². The number of hydrogen-bond acceptors (Lipinski definition) is 3. The molecule has 0 unspecified atom stereocenters. The number of carbonyl (C=O) groups is 1. The smallest absolute Gasteiger partial charge is 0.244 e. The van der Waals surface area contributed by atoms with Gasteiger partial charge in [0.25, 0.3) is 0 Å². The number of amides is 1. The fourth-order valence-corrected chi connectivity index (χ4v) is 2.06. The maximum absolute atomic E-state index is 13.5. The van der Waals surface area contributed by atoms with Gasteiger partial charge in [0.2, 0.25) is 5.91 Å². The van der Waals surface area contributed by atoms with Crippen LogP contribution in [0.15, 0.2) is 35.1 Å². The van der Waals surface area contributed by atoms with Crippen LogP contribution in [0, 0.1) is 5.82 Å². The van der Waals surface area contributed by atoms with Crippen molar-refractivity contribution in [3.63, 3.8) is 0 Å². The first-order valence-electron chi connectivity index (χ1n) is 6.40. The van der Waals surface area contributed by atoms with Crippen molar-refractivity contribution in [2.24, 2.45) is 0 Å². The van der Waals surface area contributed by atoms with Crippen LogP contribution in [0.3, 0.4) is 0 Å². The number of halogens is 2. The molecular weight excluding hydrogens is 339 g/mol. The van der Waals surface area contributed by atoms with Crippen LogP contribution in [0.4, 0.5) is 4.39 Å². The number of H-pyrrole nitrogens is 1. The zero-order chi connectivity index (χ0) is 15.1. The highest BCUT2D eigenvalue weighted by molar-refractivity contribution is 9.10. The molecule has 0 aliphatic carbocycles. The van der Waals surface area contributed by atoms with E-state index in [0.717, 1.165) is 16.7 Å². The average molecular weight is 353 g/mol. The Morgan fingerprint density at radius 1 is 1.48 bits per heavy atom. The number of carbonyl (C=O) groups excluding carboxylic acids is 1. The van der Waals surface area contributed by atoms with Crippen LogP contribution in [0.2, 0.25) is 0 Å². The Morgan fingerprint density at radius 3 is 3.10 bits per heavy atom. The van der Waals surface area contributed by atoms with E-state index in [0.29, 0.717) is 18.5 Å². The summed E-state index contributed by atoms with van der Waals surface area (Å²) in [4.78, 5) is 15.6. The highest BCUT2D eigenvalue weighted by atomic mass is 79.9. The second-order valence-corrected chi connectivity index (χ2v) is 5.24. The third kappa shape index (κ3) is 5.11. The molecule has 1 amide bonds. The predicted molar refractivity (Wildman–Crippen MR) is 80.8 cm³/mol. The van der Waals surface area contributed by atoms with Crippen molar-refractivity contribution in [2.75, 3.05) is 6.54 Å². The zero-order valence-corrected chi connectivity index (χ0v) is 12.7. The fraction of sp³-hybridized carbons (Fsp3) is 0.214. The van der Waals surface area contributed by atoms with Crippen LogP contribution in [-0.2, 0) is 11.2 Å². The molecule has 0 bridgehead atoms. The first-order valence-corrected chi connectivity index (χ1v) is 7.19. The van der Waals surface area contributed by atoms with Gasteiger partial charge >= 0.3 is 0 Å². The van der Waals surface area contributed by atoms with E-state index in [-0.39, 0.29) is 11.7 Å². The molecule has 5 nitrogen and oxygen atoms in total. The summed E-state index contributed by atoms with van der Waals surface area (Å²) in [5, 5.41) is 9.22. The molecule has 0 fully saturated rings. The normalized spacial score (nSPS) is 11.0. The molecular formula is C14H14BrFN4O. The predicted octanol–water partition coefficient (Wildman–Crippen LogP) is 2.47. The van der Waals surface area contributed by atoms with Gasteiger partial charge in [-0.25, -0.2) is 9.37 Å². The van der Waals surface area contributed by atoms with Crippen molar-refractivity contribution >= 4 is 27.9 Å². The maximum atomic E-state index is 13.5. The SMILES string of the molecule is O=C(C=Cc1cc(Br)ccc1F)NCCCc1ncn[nH]1. The number of nitrogens with zero attached hydrogens (tertiary/aromatic N) is 2. The lowest BCUT2D eigenvalue weighted by Gasteiger charge is -2.01. The fourth-order valence-electron chi connectivity index (χ4n) is 1.69. The Balaban J connectivity index is 1.76. The number of hydrogen-bond donors (Lipinski definition) is 2. The standard InChI is InChI=1S/C14H14BrFN4O/c15-11-4-5-12(16)10(8-11)3-6-14(21)17-7-1-2-13-18-9-19-20-13/h3-6,8-9H,1-2,7H2,(H,17,21)(H,18,19,20). The summed E-state index contributed by atoms with van der Waals surface area (Å²) in [5.41, 5.74) is 0.362. The zero-order valence-electron chi connectivity index (χ0n) is 11.1. The average Bonchev–Trinajstić information content (AvgIpc) is 2.98. The van der Waals surface area contributed by atoms with E-state index in [1.165, 1.54) is 24.5 Å². The molecule has 1 heterocycles. The van der Waals surface area contributed by atoms with Gasteiger partial charge in [0, 0.05) is 29.1 Å². The summed E-state index contributed by atoms with van der Waals surface area (Å²) in [6, 6.07) is 4.57. The molecule has 0 saturated heterocycles. The molecule has 2 N–H and O–H groups in total. The minimum absolute atomic E-state index is 0.257. The molecule has 0 aliphatic rings. The van der Waals surface area contributed by atoms with Crippen LogP contribution in [-0.4, -0.2) is 27.6 Å². The van der Waals surface area contributed by atoms with Crippen LogP contribution in [0.25, 0.3) is 6.08 Å². The maximum Gasteiger partial charge on any atom is 0.244 e. The number of rotatable bonds is 6. The Labute approximate surface area is 129 Å². The Hall–Kier alpha value is -2.02. The van der Waals surface area contributed by atoms with Crippen LogP contribution in [0.5, 0.6) is 0 Å². The van der Waals surface area contributed by atoms with Crippen LogP contribution >= 0.6 is 15.9 Å². The lowest BCUT2D eigenvalue weighted by Crippen LogP contribution is -2.22. The highest BCUT2D eigenvalue weighted by Crippen LogP contribution is 2.16. The summed E-state index contributed by atoms with van der Waals surface area (Å²) < 4.78 is 14.2. The van der Waals surface area contributed by atoms with E-state index in [4.69, 9.17) is 0 Å². The van der Waals surface area contributed by atoms with E-state index in [1.807, 2.05) is 0 Å². The van der Waals surface area contributed by atoms with Crippen molar-refractivity contribution < 1.29 is 9.18 Å². The largest absolute Gasteiger partial charge is 0.353 e. The minimum atomic E-state index is -0.368. The van der Waals surface area contributed by atoms with Crippen molar-refractivity contribution in [3.05, 3.63) is 52.3 Å². The number of benzene rings is 1. The first-order chi connectivity index (χ1) is 10.1. The van der Waals surface area contributed by atoms with Crippen molar-refractivity contribution in [3.8, 4) is 0 Å². The second kappa shape index (κ2) is 7.68. The van der Waals surface area contributed by atoms with E-state index in [9.17, 15) is 9.18 Å². The summed E-state index contributed by atoms with van der Waals surface area (Å²) in [6.45, 7) is 0.519. The summed E-state index contributed by atoms with van der Waals surface area (Å²) in [5.74, 6) is 0.163. The van der Waals surface area contributed by atoms with Gasteiger partial charge in [0.05, 0.1) is 0 Å². The molecule has 21 heavy (non-hydrogen) atoms. The van der Waals surface area contributed by atoms with Gasteiger partial charge in [-0.1, -0.05) is 15.9 Å². The van der Waals surface area contributed by atoms with Gasteiger partial charge in [0.1, 0.15) is 18.0 Å². The number of aromatic amines is 1. The van der Waals surface area contributed by atoms with E-state index < -0.39 is 0 Å². The topological polar surface area (TPSA) is 70.7 Å². The third-order valence-corrected chi connectivity index (χ3v) is 3.22. The van der Waals surface area contributed by atoms with Crippen molar-refractivity contribution in [2.45, 2.75) is 12.8 Å². The quantitative estimate of drug-likeness (QED) is 0.619. The highest BCUT2D eigenvalue weighted by Gasteiger charge is 2.01. The van der Waals surface area contributed by atoms with E-state index in [2.05, 4.69) is 36.4 Å². The number of nitrogens with one attached hydrogen (secondary N) is 2. The molecule has 0 aliphatic heterocycles. The Bertz CT molecular complexity index is 628. The van der Waals surface area contributed by atoms with Gasteiger partial charge < -0.3 is 5.32 Å². The summed E-state index contributed by atoms with van der Waals surface area (Å²) in [6.07, 6.45) is 5.68. The van der Waals surface area contributed by atoms with Gasteiger partial charge in [-0.15, -0.1) is 0 Å². The van der Waals surface area contributed by atoms with Crippen LogP contribution in [0.1, 0.15) is 17.8 Å². The molecule has 0 atom stereocenters. The molecule has 0 spiro atoms. The number of aromatic nitrogens is 3. The van der Waals surface area contributed by atoms with Gasteiger partial charge in [-0.05, 0) is 30.7 Å². The second-order valence-electron chi connectivity index (χ2n) is 4.33. The molecule has 0 radical (unpaired) electrons. The van der Waals surface area contributed by atoms with Crippen molar-refractivity contribution in [1.29, 1.82) is 0 Å². The Morgan fingerprint density at radius 2 is 2.33 bits per heavy atom.